The fraction of sp³-hybridized carbons (Fsp3) is 0.333. The molecule has 0 spiro atoms. The monoisotopic (exact) mass is 202 g/mol. The Bertz CT molecular complexity index is 480. The number of hydrogen-bond acceptors (Lipinski definition) is 3. The van der Waals surface area contributed by atoms with Crippen LogP contribution in [0.3, 0.4) is 0 Å². The second-order valence-electron chi connectivity index (χ2n) is 3.80. The average Bonchev–Trinajstić information content (AvgIpc) is 2.27. The van der Waals surface area contributed by atoms with Crippen molar-refractivity contribution < 1.29 is 4.74 Å². The highest BCUT2D eigenvalue weighted by Crippen LogP contribution is 2.19. The molecule has 2 rings (SSSR count). The molecule has 0 N–H and O–H groups in total. The lowest BCUT2D eigenvalue weighted by atomic mass is 10.1. The summed E-state index contributed by atoms with van der Waals surface area (Å²) in [5.41, 5.74) is 2.81. The van der Waals surface area contributed by atoms with E-state index < -0.39 is 0 Å². The first kappa shape index (κ1) is 9.90. The van der Waals surface area contributed by atoms with Gasteiger partial charge in [-0.15, -0.1) is 0 Å². The molecule has 3 nitrogen and oxygen atoms in total. The Morgan fingerprint density at radius 2 is 2.00 bits per heavy atom. The maximum Gasteiger partial charge on any atom is 0.121 e. The number of methoxy groups -OCH3 is 1. The van der Waals surface area contributed by atoms with Gasteiger partial charge < -0.3 is 4.74 Å². The Kier molecular flexibility index (Phi) is 2.54. The number of aromatic nitrogens is 2. The Hall–Kier alpha value is -1.64. The molecule has 0 atom stereocenters. The lowest BCUT2D eigenvalue weighted by Gasteiger charge is -2.06. The summed E-state index contributed by atoms with van der Waals surface area (Å²) < 4.78 is 5.13. The number of ether oxygens (including phenoxy) is 1. The predicted molar refractivity (Wildman–Crippen MR) is 60.2 cm³/mol. The number of hydrogen-bond donors (Lipinski definition) is 0. The van der Waals surface area contributed by atoms with Crippen LogP contribution in [0.5, 0.6) is 5.75 Å². The number of rotatable bonds is 2. The predicted octanol–water partition coefficient (Wildman–Crippen LogP) is 2.76. The summed E-state index contributed by atoms with van der Waals surface area (Å²) in [5, 5.41) is 0. The van der Waals surface area contributed by atoms with Gasteiger partial charge in [0.1, 0.15) is 5.75 Å². The Labute approximate surface area is 89.1 Å². The van der Waals surface area contributed by atoms with Crippen molar-refractivity contribution in [3.63, 3.8) is 0 Å². The van der Waals surface area contributed by atoms with Crippen LogP contribution in [-0.4, -0.2) is 17.1 Å². The smallest absolute Gasteiger partial charge is 0.121 e. The highest BCUT2D eigenvalue weighted by Gasteiger charge is 2.04. The van der Waals surface area contributed by atoms with Crippen LogP contribution in [0, 0.1) is 0 Å². The minimum atomic E-state index is 0.406. The number of fused-ring (bicyclic) bond motifs is 1. The molecule has 3 heteroatoms. The Morgan fingerprint density at radius 3 is 2.67 bits per heavy atom. The summed E-state index contributed by atoms with van der Waals surface area (Å²) in [5.74, 6) is 1.22. The molecular weight excluding hydrogens is 188 g/mol. The van der Waals surface area contributed by atoms with Crippen molar-refractivity contribution >= 4 is 11.0 Å². The molecule has 2 aromatic rings. The van der Waals surface area contributed by atoms with E-state index in [1.807, 2.05) is 24.4 Å². The zero-order chi connectivity index (χ0) is 10.8. The summed E-state index contributed by atoms with van der Waals surface area (Å²) >= 11 is 0. The molecule has 1 aromatic carbocycles. The van der Waals surface area contributed by atoms with Crippen LogP contribution in [0.25, 0.3) is 11.0 Å². The molecule has 78 valence electrons. The van der Waals surface area contributed by atoms with Crippen molar-refractivity contribution in [3.8, 4) is 5.75 Å². The second kappa shape index (κ2) is 3.85. The highest BCUT2D eigenvalue weighted by atomic mass is 16.5. The molecule has 0 amide bonds. The molecule has 1 aromatic heterocycles. The summed E-state index contributed by atoms with van der Waals surface area (Å²) in [4.78, 5) is 8.90. The molecule has 0 radical (unpaired) electrons. The van der Waals surface area contributed by atoms with E-state index >= 15 is 0 Å². The van der Waals surface area contributed by atoms with Crippen LogP contribution < -0.4 is 4.74 Å². The summed E-state index contributed by atoms with van der Waals surface area (Å²) in [6.07, 6.45) is 1.83. The first-order valence-electron chi connectivity index (χ1n) is 5.01. The van der Waals surface area contributed by atoms with Crippen molar-refractivity contribution in [3.05, 3.63) is 30.1 Å². The lowest BCUT2D eigenvalue weighted by molar-refractivity contribution is 0.415. The maximum absolute atomic E-state index is 5.13. The van der Waals surface area contributed by atoms with Crippen molar-refractivity contribution in [2.75, 3.05) is 7.11 Å². The molecule has 0 saturated heterocycles. The van der Waals surface area contributed by atoms with Crippen LogP contribution in [0.4, 0.5) is 0 Å². The molecule has 0 saturated carbocycles. The van der Waals surface area contributed by atoms with Crippen molar-refractivity contribution in [2.45, 2.75) is 19.8 Å². The molecule has 1 heterocycles. The van der Waals surface area contributed by atoms with Gasteiger partial charge in [0, 0.05) is 12.3 Å². The molecule has 0 unspecified atom stereocenters. The maximum atomic E-state index is 5.13. The van der Waals surface area contributed by atoms with E-state index in [-0.39, 0.29) is 0 Å². The summed E-state index contributed by atoms with van der Waals surface area (Å²) in [6, 6.07) is 5.74. The van der Waals surface area contributed by atoms with E-state index in [0.717, 1.165) is 22.5 Å². The van der Waals surface area contributed by atoms with Crippen LogP contribution in [0.1, 0.15) is 25.5 Å². The number of benzene rings is 1. The Balaban J connectivity index is 2.55. The van der Waals surface area contributed by atoms with Gasteiger partial charge in [0.15, 0.2) is 0 Å². The van der Waals surface area contributed by atoms with Crippen LogP contribution in [0.2, 0.25) is 0 Å². The molecule has 15 heavy (non-hydrogen) atoms. The third-order valence-corrected chi connectivity index (χ3v) is 2.36. The van der Waals surface area contributed by atoms with E-state index in [1.165, 1.54) is 0 Å². The molecule has 0 aliphatic carbocycles. The number of nitrogens with zero attached hydrogens (tertiary/aromatic N) is 2. The van der Waals surface area contributed by atoms with Crippen LogP contribution in [0.15, 0.2) is 24.4 Å². The quantitative estimate of drug-likeness (QED) is 0.751. The van der Waals surface area contributed by atoms with E-state index in [4.69, 9.17) is 4.74 Å². The topological polar surface area (TPSA) is 35.0 Å². The summed E-state index contributed by atoms with van der Waals surface area (Å²) in [7, 11) is 1.65. The highest BCUT2D eigenvalue weighted by molar-refractivity contribution is 5.75. The minimum Gasteiger partial charge on any atom is -0.497 e. The van der Waals surface area contributed by atoms with E-state index in [2.05, 4.69) is 23.8 Å². The summed E-state index contributed by atoms with van der Waals surface area (Å²) in [6.45, 7) is 4.22. The van der Waals surface area contributed by atoms with Gasteiger partial charge in [-0.05, 0) is 18.1 Å². The first-order chi connectivity index (χ1) is 7.20. The van der Waals surface area contributed by atoms with Gasteiger partial charge in [-0.3, -0.25) is 4.98 Å². The molecular formula is C12H14N2O. The average molecular weight is 202 g/mol. The standard InChI is InChI=1S/C12H14N2O/c1-8(2)12-7-13-11-6-9(15-3)4-5-10(11)14-12/h4-8H,1-3H3. The first-order valence-corrected chi connectivity index (χ1v) is 5.01. The van der Waals surface area contributed by atoms with Crippen molar-refractivity contribution in [1.82, 2.24) is 9.97 Å². The van der Waals surface area contributed by atoms with Gasteiger partial charge in [-0.2, -0.15) is 0 Å². The van der Waals surface area contributed by atoms with Crippen molar-refractivity contribution in [2.24, 2.45) is 0 Å². The van der Waals surface area contributed by atoms with E-state index in [9.17, 15) is 0 Å². The SMILES string of the molecule is COc1ccc2nc(C(C)C)cnc2c1. The van der Waals surface area contributed by atoms with E-state index in [0.29, 0.717) is 5.92 Å². The zero-order valence-corrected chi connectivity index (χ0v) is 9.19. The third-order valence-electron chi connectivity index (χ3n) is 2.36. The largest absolute Gasteiger partial charge is 0.497 e. The van der Waals surface area contributed by atoms with Gasteiger partial charge >= 0.3 is 0 Å². The molecule has 0 bridgehead atoms. The van der Waals surface area contributed by atoms with Gasteiger partial charge in [0.25, 0.3) is 0 Å². The van der Waals surface area contributed by atoms with Crippen LogP contribution in [-0.2, 0) is 0 Å². The fourth-order valence-corrected chi connectivity index (χ4v) is 1.41. The van der Waals surface area contributed by atoms with Crippen LogP contribution >= 0.6 is 0 Å². The molecule has 0 aliphatic rings. The van der Waals surface area contributed by atoms with Gasteiger partial charge in [-0.25, -0.2) is 4.98 Å². The fourth-order valence-electron chi connectivity index (χ4n) is 1.41. The van der Waals surface area contributed by atoms with Gasteiger partial charge in [0.05, 0.1) is 23.8 Å². The molecule has 0 aliphatic heterocycles. The normalized spacial score (nSPS) is 10.9. The Morgan fingerprint density at radius 1 is 1.20 bits per heavy atom. The van der Waals surface area contributed by atoms with E-state index in [1.54, 1.807) is 7.11 Å². The lowest BCUT2D eigenvalue weighted by Crippen LogP contribution is -1.95. The van der Waals surface area contributed by atoms with Crippen molar-refractivity contribution in [1.29, 1.82) is 0 Å². The zero-order valence-electron chi connectivity index (χ0n) is 9.19. The second-order valence-corrected chi connectivity index (χ2v) is 3.80. The third kappa shape index (κ3) is 1.91. The van der Waals surface area contributed by atoms with Gasteiger partial charge in [-0.1, -0.05) is 13.8 Å². The van der Waals surface area contributed by atoms with Gasteiger partial charge in [0.2, 0.25) is 0 Å². The minimum absolute atomic E-state index is 0.406. The molecule has 0 fully saturated rings.